The van der Waals surface area contributed by atoms with E-state index in [1.807, 2.05) is 30.3 Å². The van der Waals surface area contributed by atoms with Crippen LogP contribution in [0, 0.1) is 0 Å². The number of benzene rings is 3. The van der Waals surface area contributed by atoms with Gasteiger partial charge in [0, 0.05) is 6.54 Å². The molecule has 0 unspecified atom stereocenters. The number of esters is 1. The molecule has 0 saturated carbocycles. The quantitative estimate of drug-likeness (QED) is 0.228. The summed E-state index contributed by atoms with van der Waals surface area (Å²) in [5, 5.41) is 3.92. The number of amides is 1. The topological polar surface area (TPSA) is 114 Å². The standard InChI is InChI=1S/C26H27N3O6S/c1-34-26(31)20-35-23-14-12-22(13-15-23)18-27-28-25(30)19-29(17-16-21-8-4-2-5-9-21)36(32,33)24-10-6-3-7-11-24/h2-15,18H,16-17,19-20H2,1H3,(H,28,30)/b27-18+. The van der Waals surface area contributed by atoms with Crippen molar-refractivity contribution in [1.82, 2.24) is 9.73 Å². The van der Waals surface area contributed by atoms with Gasteiger partial charge in [-0.2, -0.15) is 9.41 Å². The average molecular weight is 510 g/mol. The molecule has 188 valence electrons. The van der Waals surface area contributed by atoms with Gasteiger partial charge >= 0.3 is 5.97 Å². The number of nitrogens with zero attached hydrogens (tertiary/aromatic N) is 2. The number of hydrazone groups is 1. The summed E-state index contributed by atoms with van der Waals surface area (Å²) in [4.78, 5) is 23.8. The number of hydrogen-bond donors (Lipinski definition) is 1. The number of methoxy groups -OCH3 is 1. The molecule has 3 aromatic carbocycles. The summed E-state index contributed by atoms with van der Waals surface area (Å²) in [7, 11) is -2.61. The lowest BCUT2D eigenvalue weighted by Gasteiger charge is -2.21. The molecule has 0 aliphatic heterocycles. The van der Waals surface area contributed by atoms with Gasteiger partial charge in [-0.3, -0.25) is 4.79 Å². The van der Waals surface area contributed by atoms with Crippen molar-refractivity contribution in [3.05, 3.63) is 96.1 Å². The summed E-state index contributed by atoms with van der Waals surface area (Å²) in [5.41, 5.74) is 4.00. The molecule has 1 amide bonds. The molecule has 10 heteroatoms. The number of sulfonamides is 1. The summed E-state index contributed by atoms with van der Waals surface area (Å²) in [6.45, 7) is -0.459. The first kappa shape index (κ1) is 26.6. The Balaban J connectivity index is 1.62. The Hall–Kier alpha value is -4.02. The number of rotatable bonds is 12. The number of carbonyl (C=O) groups is 2. The highest BCUT2D eigenvalue weighted by atomic mass is 32.2. The Bertz CT molecular complexity index is 1260. The van der Waals surface area contributed by atoms with Crippen molar-refractivity contribution in [1.29, 1.82) is 0 Å². The molecule has 3 rings (SSSR count). The van der Waals surface area contributed by atoms with Gasteiger partial charge in [-0.25, -0.2) is 18.6 Å². The molecule has 0 bridgehead atoms. The van der Waals surface area contributed by atoms with E-state index in [0.29, 0.717) is 17.7 Å². The van der Waals surface area contributed by atoms with Crippen LogP contribution in [0.15, 0.2) is 94.9 Å². The first-order chi connectivity index (χ1) is 17.4. The van der Waals surface area contributed by atoms with Crippen LogP contribution in [0.5, 0.6) is 5.75 Å². The van der Waals surface area contributed by atoms with Crippen molar-refractivity contribution >= 4 is 28.1 Å². The van der Waals surface area contributed by atoms with Crippen molar-refractivity contribution in [2.45, 2.75) is 11.3 Å². The highest BCUT2D eigenvalue weighted by molar-refractivity contribution is 7.89. The van der Waals surface area contributed by atoms with Crippen molar-refractivity contribution in [3.63, 3.8) is 0 Å². The molecule has 0 radical (unpaired) electrons. The summed E-state index contributed by atoms with van der Waals surface area (Å²) in [6.07, 6.45) is 1.87. The molecule has 0 aliphatic carbocycles. The molecule has 0 heterocycles. The molecule has 0 spiro atoms. The van der Waals surface area contributed by atoms with Crippen LogP contribution in [0.4, 0.5) is 0 Å². The van der Waals surface area contributed by atoms with Gasteiger partial charge in [-0.05, 0) is 53.9 Å². The molecule has 3 aromatic rings. The maximum atomic E-state index is 13.2. The highest BCUT2D eigenvalue weighted by Crippen LogP contribution is 2.16. The zero-order valence-electron chi connectivity index (χ0n) is 19.7. The van der Waals surface area contributed by atoms with Crippen molar-refractivity contribution < 1.29 is 27.5 Å². The first-order valence-electron chi connectivity index (χ1n) is 11.1. The smallest absolute Gasteiger partial charge is 0.343 e. The Morgan fingerprint density at radius 2 is 1.58 bits per heavy atom. The van der Waals surface area contributed by atoms with E-state index in [-0.39, 0.29) is 24.6 Å². The largest absolute Gasteiger partial charge is 0.482 e. The second-order valence-electron chi connectivity index (χ2n) is 7.61. The summed E-state index contributed by atoms with van der Waals surface area (Å²) in [5.74, 6) is -0.589. The molecular weight excluding hydrogens is 482 g/mol. The fraction of sp³-hybridized carbons (Fsp3) is 0.192. The Morgan fingerprint density at radius 3 is 2.22 bits per heavy atom. The van der Waals surface area contributed by atoms with Gasteiger partial charge in [-0.1, -0.05) is 48.5 Å². The van der Waals surface area contributed by atoms with Gasteiger partial charge < -0.3 is 9.47 Å². The summed E-state index contributed by atoms with van der Waals surface area (Å²) < 4.78 is 37.3. The third kappa shape index (κ3) is 8.03. The predicted octanol–water partition coefficient (Wildman–Crippen LogP) is 2.62. The summed E-state index contributed by atoms with van der Waals surface area (Å²) in [6, 6.07) is 24.1. The van der Waals surface area contributed by atoms with Crippen LogP contribution in [0.3, 0.4) is 0 Å². The molecule has 36 heavy (non-hydrogen) atoms. The fourth-order valence-corrected chi connectivity index (χ4v) is 4.57. The van der Waals surface area contributed by atoms with E-state index in [4.69, 9.17) is 4.74 Å². The van der Waals surface area contributed by atoms with Crippen molar-refractivity contribution in [2.24, 2.45) is 5.10 Å². The van der Waals surface area contributed by atoms with Gasteiger partial charge in [0.1, 0.15) is 5.75 Å². The fourth-order valence-electron chi connectivity index (χ4n) is 3.15. The van der Waals surface area contributed by atoms with E-state index >= 15 is 0 Å². The van der Waals surface area contributed by atoms with Crippen LogP contribution in [-0.4, -0.2) is 57.6 Å². The van der Waals surface area contributed by atoms with Gasteiger partial charge in [0.2, 0.25) is 10.0 Å². The van der Waals surface area contributed by atoms with E-state index in [9.17, 15) is 18.0 Å². The Labute approximate surface area is 210 Å². The molecule has 0 saturated heterocycles. The second-order valence-corrected chi connectivity index (χ2v) is 9.55. The third-order valence-electron chi connectivity index (χ3n) is 5.06. The zero-order valence-corrected chi connectivity index (χ0v) is 20.6. The van der Waals surface area contributed by atoms with E-state index in [2.05, 4.69) is 15.3 Å². The molecule has 0 aliphatic rings. The molecule has 0 atom stereocenters. The maximum absolute atomic E-state index is 13.2. The number of carbonyl (C=O) groups excluding carboxylic acids is 2. The first-order valence-corrected chi connectivity index (χ1v) is 12.5. The van der Waals surface area contributed by atoms with Crippen LogP contribution in [0.2, 0.25) is 0 Å². The average Bonchev–Trinajstić information content (AvgIpc) is 2.91. The van der Waals surface area contributed by atoms with Gasteiger partial charge in [0.15, 0.2) is 6.61 Å². The second kappa shape index (κ2) is 13.2. The van der Waals surface area contributed by atoms with Crippen LogP contribution < -0.4 is 10.2 Å². The third-order valence-corrected chi connectivity index (χ3v) is 6.92. The van der Waals surface area contributed by atoms with Crippen molar-refractivity contribution in [2.75, 3.05) is 26.8 Å². The zero-order chi connectivity index (χ0) is 25.8. The van der Waals surface area contributed by atoms with E-state index in [0.717, 1.165) is 9.87 Å². The van der Waals surface area contributed by atoms with E-state index < -0.39 is 21.9 Å². The number of hydrogen-bond acceptors (Lipinski definition) is 7. The monoisotopic (exact) mass is 509 g/mol. The van der Waals surface area contributed by atoms with Gasteiger partial charge in [-0.15, -0.1) is 0 Å². The van der Waals surface area contributed by atoms with Crippen LogP contribution >= 0.6 is 0 Å². The molecular formula is C26H27N3O6S. The summed E-state index contributed by atoms with van der Waals surface area (Å²) >= 11 is 0. The minimum atomic E-state index is -3.89. The van der Waals surface area contributed by atoms with E-state index in [1.54, 1.807) is 42.5 Å². The van der Waals surface area contributed by atoms with Crippen molar-refractivity contribution in [3.8, 4) is 5.75 Å². The molecule has 1 N–H and O–H groups in total. The number of nitrogens with one attached hydrogen (secondary N) is 1. The van der Waals surface area contributed by atoms with Gasteiger partial charge in [0.25, 0.3) is 5.91 Å². The molecule has 0 aromatic heterocycles. The highest BCUT2D eigenvalue weighted by Gasteiger charge is 2.26. The Morgan fingerprint density at radius 1 is 0.944 bits per heavy atom. The SMILES string of the molecule is COC(=O)COc1ccc(/C=N/NC(=O)CN(CCc2ccccc2)S(=O)(=O)c2ccccc2)cc1. The lowest BCUT2D eigenvalue weighted by molar-refractivity contribution is -0.142. The Kier molecular flexibility index (Phi) is 9.73. The van der Waals surface area contributed by atoms with E-state index in [1.165, 1.54) is 25.5 Å². The van der Waals surface area contributed by atoms with Crippen LogP contribution in [0.1, 0.15) is 11.1 Å². The van der Waals surface area contributed by atoms with Crippen LogP contribution in [-0.2, 0) is 30.8 Å². The normalized spacial score (nSPS) is 11.4. The molecule has 9 nitrogen and oxygen atoms in total. The lowest BCUT2D eigenvalue weighted by atomic mass is 10.1. The van der Waals surface area contributed by atoms with Gasteiger partial charge in [0.05, 0.1) is 24.8 Å². The minimum Gasteiger partial charge on any atom is -0.482 e. The molecule has 0 fully saturated rings. The number of ether oxygens (including phenoxy) is 2. The lowest BCUT2D eigenvalue weighted by Crippen LogP contribution is -2.40. The minimum absolute atomic E-state index is 0.115. The maximum Gasteiger partial charge on any atom is 0.343 e. The predicted molar refractivity (Wildman–Crippen MR) is 135 cm³/mol. The van der Waals surface area contributed by atoms with Crippen LogP contribution in [0.25, 0.3) is 0 Å².